The maximum Gasteiger partial charge on any atom is 0.256 e. The SMILES string of the molecule is CCCCCc1ccc(NC(=O)c2cc(C3CC3)nc3c2c(C)nn3C2CCS(=O)(=O)C2)cc1. The summed E-state index contributed by atoms with van der Waals surface area (Å²) < 4.78 is 25.9. The van der Waals surface area contributed by atoms with E-state index in [1.165, 1.54) is 24.8 Å². The van der Waals surface area contributed by atoms with Gasteiger partial charge in [0.25, 0.3) is 5.91 Å². The van der Waals surface area contributed by atoms with Crippen molar-refractivity contribution in [3.05, 3.63) is 52.8 Å². The van der Waals surface area contributed by atoms with Gasteiger partial charge in [0.2, 0.25) is 0 Å². The van der Waals surface area contributed by atoms with Crippen LogP contribution in [-0.4, -0.2) is 40.6 Å². The number of aryl methyl sites for hydroxylation is 2. The van der Waals surface area contributed by atoms with Crippen LogP contribution in [-0.2, 0) is 16.3 Å². The van der Waals surface area contributed by atoms with E-state index in [9.17, 15) is 13.2 Å². The van der Waals surface area contributed by atoms with Crippen molar-refractivity contribution in [2.24, 2.45) is 0 Å². The number of anilines is 1. The molecule has 1 N–H and O–H groups in total. The predicted octanol–water partition coefficient (Wildman–Crippen LogP) is 4.96. The summed E-state index contributed by atoms with van der Waals surface area (Å²) in [6.07, 6.45) is 7.29. The van der Waals surface area contributed by atoms with Crippen molar-refractivity contribution in [1.29, 1.82) is 0 Å². The van der Waals surface area contributed by atoms with Crippen LogP contribution in [0.2, 0.25) is 0 Å². The van der Waals surface area contributed by atoms with Crippen LogP contribution in [0, 0.1) is 6.92 Å². The zero-order chi connectivity index (χ0) is 23.9. The molecule has 3 heterocycles. The lowest BCUT2D eigenvalue weighted by atomic mass is 10.1. The molecule has 1 aromatic carbocycles. The minimum Gasteiger partial charge on any atom is -0.322 e. The van der Waals surface area contributed by atoms with Crippen LogP contribution >= 0.6 is 0 Å². The van der Waals surface area contributed by atoms with Crippen LogP contribution in [0.5, 0.6) is 0 Å². The van der Waals surface area contributed by atoms with Gasteiger partial charge in [-0.15, -0.1) is 0 Å². The number of benzene rings is 1. The third-order valence-electron chi connectivity index (χ3n) is 6.93. The first-order valence-electron chi connectivity index (χ1n) is 12.3. The Kier molecular flexibility index (Phi) is 6.18. The number of rotatable bonds is 8. The van der Waals surface area contributed by atoms with Crippen molar-refractivity contribution < 1.29 is 13.2 Å². The van der Waals surface area contributed by atoms with Crippen molar-refractivity contribution in [1.82, 2.24) is 14.8 Å². The molecule has 2 aromatic heterocycles. The van der Waals surface area contributed by atoms with Gasteiger partial charge >= 0.3 is 0 Å². The lowest BCUT2D eigenvalue weighted by Crippen LogP contribution is -2.15. The van der Waals surface area contributed by atoms with Gasteiger partial charge in [0.05, 0.1) is 34.2 Å². The lowest BCUT2D eigenvalue weighted by Gasteiger charge is -2.12. The maximum absolute atomic E-state index is 13.4. The highest BCUT2D eigenvalue weighted by molar-refractivity contribution is 7.91. The van der Waals surface area contributed by atoms with E-state index in [0.29, 0.717) is 34.6 Å². The molecule has 8 heteroatoms. The second-order valence-electron chi connectivity index (χ2n) is 9.76. The smallest absolute Gasteiger partial charge is 0.256 e. The molecular formula is C26H32N4O3S. The minimum absolute atomic E-state index is 0.0741. The van der Waals surface area contributed by atoms with E-state index in [1.807, 2.05) is 25.1 Å². The highest BCUT2D eigenvalue weighted by Crippen LogP contribution is 2.41. The molecule has 1 aliphatic heterocycles. The van der Waals surface area contributed by atoms with E-state index >= 15 is 0 Å². The molecular weight excluding hydrogens is 448 g/mol. The summed E-state index contributed by atoms with van der Waals surface area (Å²) >= 11 is 0. The van der Waals surface area contributed by atoms with Crippen LogP contribution in [0.15, 0.2) is 30.3 Å². The average molecular weight is 481 g/mol. The molecule has 2 fully saturated rings. The molecule has 3 aromatic rings. The summed E-state index contributed by atoms with van der Waals surface area (Å²) in [5.74, 6) is 0.413. The summed E-state index contributed by atoms with van der Waals surface area (Å²) in [6, 6.07) is 9.73. The summed E-state index contributed by atoms with van der Waals surface area (Å²) in [5, 5.41) is 8.43. The Morgan fingerprint density at radius 3 is 2.56 bits per heavy atom. The summed E-state index contributed by atoms with van der Waals surface area (Å²) in [7, 11) is -3.06. The van der Waals surface area contributed by atoms with E-state index in [-0.39, 0.29) is 23.5 Å². The molecule has 7 nitrogen and oxygen atoms in total. The highest BCUT2D eigenvalue weighted by atomic mass is 32.2. The Bertz CT molecular complexity index is 1320. The molecule has 0 radical (unpaired) electrons. The van der Waals surface area contributed by atoms with Crippen LogP contribution in [0.4, 0.5) is 5.69 Å². The fraction of sp³-hybridized carbons (Fsp3) is 0.500. The van der Waals surface area contributed by atoms with Gasteiger partial charge < -0.3 is 5.32 Å². The molecule has 5 rings (SSSR count). The highest BCUT2D eigenvalue weighted by Gasteiger charge is 2.34. The van der Waals surface area contributed by atoms with Crippen LogP contribution < -0.4 is 5.32 Å². The predicted molar refractivity (Wildman–Crippen MR) is 134 cm³/mol. The van der Waals surface area contributed by atoms with E-state index < -0.39 is 9.84 Å². The number of sulfone groups is 1. The van der Waals surface area contributed by atoms with E-state index in [2.05, 4.69) is 29.5 Å². The van der Waals surface area contributed by atoms with Crippen molar-refractivity contribution in [2.75, 3.05) is 16.8 Å². The largest absolute Gasteiger partial charge is 0.322 e. The average Bonchev–Trinajstić information content (AvgIpc) is 3.53. The van der Waals surface area contributed by atoms with E-state index in [4.69, 9.17) is 4.98 Å². The third-order valence-corrected chi connectivity index (χ3v) is 8.68. The van der Waals surface area contributed by atoms with Crippen LogP contribution in [0.3, 0.4) is 0 Å². The quantitative estimate of drug-likeness (QED) is 0.460. The van der Waals surface area contributed by atoms with Crippen molar-refractivity contribution >= 4 is 32.5 Å². The number of nitrogens with one attached hydrogen (secondary N) is 1. The Labute approximate surface area is 200 Å². The van der Waals surface area contributed by atoms with E-state index in [0.717, 1.165) is 30.6 Å². The second-order valence-corrected chi connectivity index (χ2v) is 12.0. The second kappa shape index (κ2) is 9.13. The Hall–Kier alpha value is -2.74. The Morgan fingerprint density at radius 2 is 1.91 bits per heavy atom. The maximum atomic E-state index is 13.4. The molecule has 1 aliphatic carbocycles. The topological polar surface area (TPSA) is 93.9 Å². The van der Waals surface area contributed by atoms with Gasteiger partial charge in [0.15, 0.2) is 15.5 Å². The Balaban J connectivity index is 1.46. The molecule has 1 saturated carbocycles. The molecule has 1 unspecified atom stereocenters. The number of hydrogen-bond donors (Lipinski definition) is 1. The van der Waals surface area contributed by atoms with Gasteiger partial charge in [0.1, 0.15) is 0 Å². The molecule has 1 amide bonds. The zero-order valence-corrected chi connectivity index (χ0v) is 20.7. The van der Waals surface area contributed by atoms with Gasteiger partial charge in [-0.2, -0.15) is 5.10 Å². The molecule has 34 heavy (non-hydrogen) atoms. The molecule has 0 bridgehead atoms. The van der Waals surface area contributed by atoms with Crippen molar-refractivity contribution in [3.8, 4) is 0 Å². The standard InChI is InChI=1S/C26H32N4O3S/c1-3-4-5-6-18-7-11-20(12-8-18)27-26(31)22-15-23(19-9-10-19)28-25-24(22)17(2)29-30(25)21-13-14-34(32,33)16-21/h7-8,11-12,15,19,21H,3-6,9-10,13-14,16H2,1-2H3,(H,27,31). The molecule has 1 atom stereocenters. The van der Waals surface area contributed by atoms with Gasteiger partial charge in [-0.1, -0.05) is 31.9 Å². The van der Waals surface area contributed by atoms with Crippen LogP contribution in [0.1, 0.15) is 84.7 Å². The first-order chi connectivity index (χ1) is 16.3. The number of amides is 1. The lowest BCUT2D eigenvalue weighted by molar-refractivity contribution is 0.102. The number of carbonyl (C=O) groups is 1. The number of pyridine rings is 1. The Morgan fingerprint density at radius 1 is 1.15 bits per heavy atom. The number of unbranched alkanes of at least 4 members (excludes halogenated alkanes) is 2. The zero-order valence-electron chi connectivity index (χ0n) is 19.9. The number of carbonyl (C=O) groups excluding carboxylic acids is 1. The number of nitrogens with zero attached hydrogens (tertiary/aromatic N) is 3. The molecule has 0 spiro atoms. The number of aromatic nitrogens is 3. The molecule has 180 valence electrons. The normalized spacial score (nSPS) is 19.5. The number of hydrogen-bond acceptors (Lipinski definition) is 5. The van der Waals surface area contributed by atoms with Gasteiger partial charge in [0, 0.05) is 17.3 Å². The minimum atomic E-state index is -3.06. The molecule has 2 aliphatic rings. The monoisotopic (exact) mass is 480 g/mol. The van der Waals surface area contributed by atoms with Gasteiger partial charge in [-0.25, -0.2) is 18.1 Å². The van der Waals surface area contributed by atoms with Crippen molar-refractivity contribution in [3.63, 3.8) is 0 Å². The summed E-state index contributed by atoms with van der Waals surface area (Å²) in [6.45, 7) is 4.06. The first kappa shape index (κ1) is 23.0. The van der Waals surface area contributed by atoms with Gasteiger partial charge in [-0.05, 0) is 62.8 Å². The van der Waals surface area contributed by atoms with E-state index in [1.54, 1.807) is 4.68 Å². The summed E-state index contributed by atoms with van der Waals surface area (Å²) in [5.41, 5.74) is 4.81. The third kappa shape index (κ3) is 4.73. The fourth-order valence-corrected chi connectivity index (χ4v) is 6.55. The first-order valence-corrected chi connectivity index (χ1v) is 14.2. The van der Waals surface area contributed by atoms with Gasteiger partial charge in [-0.3, -0.25) is 4.79 Å². The summed E-state index contributed by atoms with van der Waals surface area (Å²) in [4.78, 5) is 18.3. The number of fused-ring (bicyclic) bond motifs is 1. The molecule has 1 saturated heterocycles. The fourth-order valence-electron chi connectivity index (χ4n) is 4.85. The van der Waals surface area contributed by atoms with Crippen molar-refractivity contribution in [2.45, 2.75) is 70.8 Å². The van der Waals surface area contributed by atoms with Crippen LogP contribution in [0.25, 0.3) is 11.0 Å².